The van der Waals surface area contributed by atoms with E-state index >= 15 is 0 Å². The van der Waals surface area contributed by atoms with E-state index in [4.69, 9.17) is 9.47 Å². The standard InChI is InChI=1S/C23H29BrN2O4/c1-3-5-6-7-15-29-19-11-8-17(9-12-19)22(27)25-26-23(28)18-10-13-21(20(24)16-18)30-14-4-2/h8-13,16H,3-7,14-15H2,1-2H3,(H,25,27)(H,26,28). The number of halogens is 1. The Morgan fingerprint density at radius 3 is 2.10 bits per heavy atom. The van der Waals surface area contributed by atoms with E-state index in [2.05, 4.69) is 33.7 Å². The summed E-state index contributed by atoms with van der Waals surface area (Å²) in [4.78, 5) is 24.6. The lowest BCUT2D eigenvalue weighted by Gasteiger charge is -2.11. The Morgan fingerprint density at radius 2 is 1.47 bits per heavy atom. The van der Waals surface area contributed by atoms with Crippen molar-refractivity contribution >= 4 is 27.7 Å². The SMILES string of the molecule is CCCCCCOc1ccc(C(=O)NNC(=O)c2ccc(OCCC)c(Br)c2)cc1. The molecule has 0 aromatic heterocycles. The smallest absolute Gasteiger partial charge is 0.269 e. The van der Waals surface area contributed by atoms with Gasteiger partial charge >= 0.3 is 0 Å². The highest BCUT2D eigenvalue weighted by molar-refractivity contribution is 9.10. The van der Waals surface area contributed by atoms with E-state index in [0.717, 1.165) is 25.0 Å². The highest BCUT2D eigenvalue weighted by Gasteiger charge is 2.11. The van der Waals surface area contributed by atoms with E-state index in [-0.39, 0.29) is 0 Å². The van der Waals surface area contributed by atoms with Crippen LogP contribution in [0.1, 0.15) is 66.7 Å². The fourth-order valence-electron chi connectivity index (χ4n) is 2.65. The summed E-state index contributed by atoms with van der Waals surface area (Å²) in [5.74, 6) is 0.574. The van der Waals surface area contributed by atoms with Crippen molar-refractivity contribution in [3.8, 4) is 11.5 Å². The molecule has 0 heterocycles. The zero-order valence-electron chi connectivity index (χ0n) is 17.5. The topological polar surface area (TPSA) is 76.7 Å². The van der Waals surface area contributed by atoms with E-state index < -0.39 is 11.8 Å². The number of ether oxygens (including phenoxy) is 2. The van der Waals surface area contributed by atoms with Crippen LogP contribution in [0.4, 0.5) is 0 Å². The Labute approximate surface area is 186 Å². The number of carbonyl (C=O) groups is 2. The average Bonchev–Trinajstić information content (AvgIpc) is 2.76. The minimum Gasteiger partial charge on any atom is -0.494 e. The van der Waals surface area contributed by atoms with Gasteiger partial charge in [0, 0.05) is 11.1 Å². The quantitative estimate of drug-likeness (QED) is 0.342. The molecule has 0 fully saturated rings. The van der Waals surface area contributed by atoms with Gasteiger partial charge in [-0.1, -0.05) is 33.1 Å². The summed E-state index contributed by atoms with van der Waals surface area (Å²) < 4.78 is 11.9. The Kier molecular flexibility index (Phi) is 10.2. The summed E-state index contributed by atoms with van der Waals surface area (Å²) in [6.07, 6.45) is 5.47. The van der Waals surface area contributed by atoms with Crippen molar-refractivity contribution in [2.24, 2.45) is 0 Å². The van der Waals surface area contributed by atoms with Crippen LogP contribution in [0.15, 0.2) is 46.9 Å². The predicted octanol–water partition coefficient (Wildman–Crippen LogP) is 5.27. The third kappa shape index (κ3) is 7.71. The molecule has 0 saturated carbocycles. The number of nitrogens with one attached hydrogen (secondary N) is 2. The highest BCUT2D eigenvalue weighted by atomic mass is 79.9. The van der Waals surface area contributed by atoms with Gasteiger partial charge in [0.15, 0.2) is 0 Å². The van der Waals surface area contributed by atoms with E-state index in [1.165, 1.54) is 12.8 Å². The zero-order chi connectivity index (χ0) is 21.8. The van der Waals surface area contributed by atoms with Gasteiger partial charge in [0.2, 0.25) is 0 Å². The molecule has 2 aromatic carbocycles. The van der Waals surface area contributed by atoms with Gasteiger partial charge in [-0.05, 0) is 71.2 Å². The lowest BCUT2D eigenvalue weighted by molar-refractivity contribution is 0.0846. The van der Waals surface area contributed by atoms with E-state index in [0.29, 0.717) is 34.6 Å². The molecule has 6 nitrogen and oxygen atoms in total. The third-order valence-electron chi connectivity index (χ3n) is 4.33. The van der Waals surface area contributed by atoms with Crippen molar-refractivity contribution in [3.05, 3.63) is 58.1 Å². The molecule has 162 valence electrons. The molecule has 30 heavy (non-hydrogen) atoms. The molecule has 0 aliphatic heterocycles. The minimum atomic E-state index is -0.418. The van der Waals surface area contributed by atoms with Gasteiger partial charge in [0.1, 0.15) is 11.5 Å². The first-order valence-corrected chi connectivity index (χ1v) is 11.1. The molecular formula is C23H29BrN2O4. The number of hydrazine groups is 1. The van der Waals surface area contributed by atoms with Crippen molar-refractivity contribution < 1.29 is 19.1 Å². The van der Waals surface area contributed by atoms with Gasteiger partial charge in [-0.3, -0.25) is 20.4 Å². The summed E-state index contributed by atoms with van der Waals surface area (Å²) in [5.41, 5.74) is 5.68. The first kappa shape index (κ1) is 23.7. The Balaban J connectivity index is 1.82. The second-order valence-corrected chi connectivity index (χ2v) is 7.69. The van der Waals surface area contributed by atoms with Crippen LogP contribution < -0.4 is 20.3 Å². The number of unbranched alkanes of at least 4 members (excludes halogenated alkanes) is 3. The van der Waals surface area contributed by atoms with Gasteiger partial charge in [0.25, 0.3) is 11.8 Å². The zero-order valence-corrected chi connectivity index (χ0v) is 19.1. The highest BCUT2D eigenvalue weighted by Crippen LogP contribution is 2.26. The van der Waals surface area contributed by atoms with Gasteiger partial charge in [-0.15, -0.1) is 0 Å². The van der Waals surface area contributed by atoms with E-state index in [1.54, 1.807) is 42.5 Å². The monoisotopic (exact) mass is 476 g/mol. The molecule has 0 spiro atoms. The van der Waals surface area contributed by atoms with Crippen molar-refractivity contribution in [2.45, 2.75) is 46.0 Å². The molecule has 2 rings (SSSR count). The van der Waals surface area contributed by atoms with E-state index in [9.17, 15) is 9.59 Å². The molecular weight excluding hydrogens is 448 g/mol. The normalized spacial score (nSPS) is 10.4. The molecule has 0 aliphatic carbocycles. The van der Waals surface area contributed by atoms with Crippen LogP contribution >= 0.6 is 15.9 Å². The fourth-order valence-corrected chi connectivity index (χ4v) is 3.14. The van der Waals surface area contributed by atoms with Crippen LogP contribution in [0, 0.1) is 0 Å². The Hall–Kier alpha value is -2.54. The third-order valence-corrected chi connectivity index (χ3v) is 4.95. The lowest BCUT2D eigenvalue weighted by Crippen LogP contribution is -2.41. The summed E-state index contributed by atoms with van der Waals surface area (Å²) in [7, 11) is 0. The molecule has 0 bridgehead atoms. The Bertz CT molecular complexity index is 824. The van der Waals surface area contributed by atoms with Crippen LogP contribution in [-0.2, 0) is 0 Å². The molecule has 2 N–H and O–H groups in total. The van der Waals surface area contributed by atoms with Crippen molar-refractivity contribution in [2.75, 3.05) is 13.2 Å². The molecule has 2 amide bonds. The number of rotatable bonds is 11. The number of amides is 2. The number of hydrogen-bond donors (Lipinski definition) is 2. The molecule has 7 heteroatoms. The average molecular weight is 477 g/mol. The maximum absolute atomic E-state index is 12.3. The Morgan fingerprint density at radius 1 is 0.800 bits per heavy atom. The molecule has 2 aromatic rings. The van der Waals surface area contributed by atoms with Gasteiger partial charge in [-0.25, -0.2) is 0 Å². The number of hydrogen-bond acceptors (Lipinski definition) is 4. The van der Waals surface area contributed by atoms with Crippen LogP contribution in [0.25, 0.3) is 0 Å². The van der Waals surface area contributed by atoms with Crippen molar-refractivity contribution in [3.63, 3.8) is 0 Å². The van der Waals surface area contributed by atoms with Crippen LogP contribution in [0.3, 0.4) is 0 Å². The maximum atomic E-state index is 12.3. The van der Waals surface area contributed by atoms with Crippen molar-refractivity contribution in [1.29, 1.82) is 0 Å². The molecule has 0 atom stereocenters. The second-order valence-electron chi connectivity index (χ2n) is 6.84. The van der Waals surface area contributed by atoms with Crippen molar-refractivity contribution in [1.82, 2.24) is 10.9 Å². The molecule has 0 aliphatic rings. The molecule has 0 radical (unpaired) electrons. The summed E-state index contributed by atoms with van der Waals surface area (Å²) in [6.45, 7) is 5.46. The molecule has 0 saturated heterocycles. The minimum absolute atomic E-state index is 0.401. The largest absolute Gasteiger partial charge is 0.494 e. The van der Waals surface area contributed by atoms with Gasteiger partial charge < -0.3 is 9.47 Å². The van der Waals surface area contributed by atoms with Crippen LogP contribution in [0.2, 0.25) is 0 Å². The molecule has 0 unspecified atom stereocenters. The van der Waals surface area contributed by atoms with Gasteiger partial charge in [-0.2, -0.15) is 0 Å². The number of carbonyl (C=O) groups excluding carboxylic acids is 2. The maximum Gasteiger partial charge on any atom is 0.269 e. The van der Waals surface area contributed by atoms with E-state index in [1.807, 2.05) is 6.92 Å². The van der Waals surface area contributed by atoms with Crippen LogP contribution in [-0.4, -0.2) is 25.0 Å². The second kappa shape index (κ2) is 12.9. The van der Waals surface area contributed by atoms with Gasteiger partial charge in [0.05, 0.1) is 17.7 Å². The lowest BCUT2D eigenvalue weighted by atomic mass is 10.2. The predicted molar refractivity (Wildman–Crippen MR) is 121 cm³/mol. The first-order valence-electron chi connectivity index (χ1n) is 10.3. The van der Waals surface area contributed by atoms with Crippen LogP contribution in [0.5, 0.6) is 11.5 Å². The summed E-state index contributed by atoms with van der Waals surface area (Å²) >= 11 is 3.39. The first-order chi connectivity index (χ1) is 14.5. The summed E-state index contributed by atoms with van der Waals surface area (Å²) in [5, 5.41) is 0. The summed E-state index contributed by atoms with van der Waals surface area (Å²) in [6, 6.07) is 11.9. The fraction of sp³-hybridized carbons (Fsp3) is 0.391. The number of benzene rings is 2.